The Morgan fingerprint density at radius 3 is 2.76 bits per heavy atom. The summed E-state index contributed by atoms with van der Waals surface area (Å²) < 4.78 is 1.96. The third-order valence-electron chi connectivity index (χ3n) is 4.18. The van der Waals surface area contributed by atoms with E-state index in [-0.39, 0.29) is 30.0 Å². The third kappa shape index (κ3) is 5.57. The molecule has 1 aliphatic rings. The van der Waals surface area contributed by atoms with Gasteiger partial charge in [-0.2, -0.15) is 0 Å². The van der Waals surface area contributed by atoms with E-state index in [9.17, 15) is 0 Å². The van der Waals surface area contributed by atoms with E-state index in [0.29, 0.717) is 12.6 Å². The first kappa shape index (κ1) is 20.0. The molecule has 136 valence electrons. The summed E-state index contributed by atoms with van der Waals surface area (Å²) in [6, 6.07) is 8.50. The second-order valence-electron chi connectivity index (χ2n) is 6.23. The maximum absolute atomic E-state index is 6.09. The summed E-state index contributed by atoms with van der Waals surface area (Å²) in [7, 11) is 1.95. The van der Waals surface area contributed by atoms with Gasteiger partial charge >= 0.3 is 0 Å². The van der Waals surface area contributed by atoms with Crippen molar-refractivity contribution >= 4 is 41.5 Å². The summed E-state index contributed by atoms with van der Waals surface area (Å²) in [5, 5.41) is 15.9. The molecule has 1 saturated carbocycles. The van der Waals surface area contributed by atoms with Crippen LogP contribution in [0, 0.1) is 6.92 Å². The number of hydrogen-bond acceptors (Lipinski definition) is 3. The van der Waals surface area contributed by atoms with Gasteiger partial charge in [-0.25, -0.2) is 4.99 Å². The van der Waals surface area contributed by atoms with Crippen molar-refractivity contribution in [2.75, 3.05) is 0 Å². The number of aryl methyl sites for hydroxylation is 1. The highest BCUT2D eigenvalue weighted by atomic mass is 127. The molecule has 1 aliphatic carbocycles. The smallest absolute Gasteiger partial charge is 0.192 e. The summed E-state index contributed by atoms with van der Waals surface area (Å²) in [5.41, 5.74) is 1.13. The number of aliphatic imine (C=N–C) groups is 1. The van der Waals surface area contributed by atoms with Crippen molar-refractivity contribution in [1.82, 2.24) is 25.4 Å². The second-order valence-corrected chi connectivity index (χ2v) is 6.66. The van der Waals surface area contributed by atoms with Gasteiger partial charge in [0.25, 0.3) is 0 Å². The van der Waals surface area contributed by atoms with Gasteiger partial charge in [-0.05, 0) is 44.4 Å². The minimum absolute atomic E-state index is 0. The van der Waals surface area contributed by atoms with Gasteiger partial charge in [0, 0.05) is 18.1 Å². The highest BCUT2D eigenvalue weighted by Gasteiger charge is 2.23. The molecule has 2 N–H and O–H groups in total. The Morgan fingerprint density at radius 2 is 2.16 bits per heavy atom. The van der Waals surface area contributed by atoms with Gasteiger partial charge in [0.1, 0.15) is 12.4 Å². The molecular weight excluding hydrogens is 451 g/mol. The first-order chi connectivity index (χ1) is 11.5. The van der Waals surface area contributed by atoms with E-state index in [2.05, 4.69) is 38.8 Å². The number of nitrogens with one attached hydrogen (secondary N) is 2. The van der Waals surface area contributed by atoms with Crippen LogP contribution in [0.15, 0.2) is 29.3 Å². The summed E-state index contributed by atoms with van der Waals surface area (Å²) >= 11 is 6.09. The van der Waals surface area contributed by atoms with Gasteiger partial charge in [0.05, 0.1) is 6.04 Å². The maximum atomic E-state index is 6.09. The summed E-state index contributed by atoms with van der Waals surface area (Å²) in [4.78, 5) is 4.67. The van der Waals surface area contributed by atoms with Crippen LogP contribution in [0.1, 0.15) is 43.0 Å². The Morgan fingerprint density at radius 1 is 1.40 bits per heavy atom. The van der Waals surface area contributed by atoms with E-state index < -0.39 is 0 Å². The fourth-order valence-electron chi connectivity index (χ4n) is 2.36. The molecule has 0 amide bonds. The zero-order valence-corrected chi connectivity index (χ0v) is 17.7. The Hall–Kier alpha value is -1.35. The Balaban J connectivity index is 0.00000225. The highest BCUT2D eigenvalue weighted by Crippen LogP contribution is 2.20. The van der Waals surface area contributed by atoms with Crippen LogP contribution in [0.5, 0.6) is 0 Å². The van der Waals surface area contributed by atoms with Gasteiger partial charge in [-0.15, -0.1) is 34.2 Å². The molecule has 6 nitrogen and oxygen atoms in total. The van der Waals surface area contributed by atoms with Gasteiger partial charge < -0.3 is 15.2 Å². The molecule has 25 heavy (non-hydrogen) atoms. The number of halogens is 2. The normalized spacial score (nSPS) is 15.4. The lowest BCUT2D eigenvalue weighted by atomic mass is 10.1. The van der Waals surface area contributed by atoms with Gasteiger partial charge in [0.15, 0.2) is 11.8 Å². The lowest BCUT2D eigenvalue weighted by molar-refractivity contribution is 0.675. The fourth-order valence-corrected chi connectivity index (χ4v) is 2.56. The van der Waals surface area contributed by atoms with Crippen molar-refractivity contribution in [1.29, 1.82) is 0 Å². The zero-order chi connectivity index (χ0) is 17.1. The van der Waals surface area contributed by atoms with E-state index in [4.69, 9.17) is 11.6 Å². The predicted molar refractivity (Wildman–Crippen MR) is 111 cm³/mol. The summed E-state index contributed by atoms with van der Waals surface area (Å²) in [6.07, 6.45) is 2.38. The summed E-state index contributed by atoms with van der Waals surface area (Å²) in [5.74, 6) is 2.53. The van der Waals surface area contributed by atoms with E-state index in [1.54, 1.807) is 0 Å². The lowest BCUT2D eigenvalue weighted by Crippen LogP contribution is -2.40. The van der Waals surface area contributed by atoms with Crippen molar-refractivity contribution in [3.8, 4) is 0 Å². The number of guanidine groups is 1. The van der Waals surface area contributed by atoms with Gasteiger partial charge in [-0.1, -0.05) is 23.7 Å². The van der Waals surface area contributed by atoms with E-state index in [1.807, 2.05) is 36.7 Å². The molecule has 0 aliphatic heterocycles. The molecule has 1 atom stereocenters. The molecule has 8 heteroatoms. The van der Waals surface area contributed by atoms with Gasteiger partial charge in [0.2, 0.25) is 0 Å². The molecule has 1 aromatic heterocycles. The van der Waals surface area contributed by atoms with Crippen molar-refractivity contribution in [3.05, 3.63) is 46.5 Å². The van der Waals surface area contributed by atoms with Crippen LogP contribution in [0.3, 0.4) is 0 Å². The first-order valence-electron chi connectivity index (χ1n) is 8.21. The van der Waals surface area contributed by atoms with Crippen LogP contribution >= 0.6 is 35.6 Å². The second kappa shape index (κ2) is 8.84. The Bertz CT molecular complexity index is 740. The average molecular weight is 475 g/mol. The monoisotopic (exact) mass is 474 g/mol. The minimum Gasteiger partial charge on any atom is -0.354 e. The fraction of sp³-hybridized carbons (Fsp3) is 0.471. The molecule has 0 radical (unpaired) electrons. The molecule has 0 spiro atoms. The molecule has 0 bridgehead atoms. The SMILES string of the molecule is Cc1nnc(CN=C(NC2CC2)NC(C)c2cccc(Cl)c2)n1C.I. The molecule has 3 rings (SSSR count). The van der Waals surface area contributed by atoms with Crippen molar-refractivity contribution in [2.24, 2.45) is 12.0 Å². The van der Waals surface area contributed by atoms with Crippen LogP contribution < -0.4 is 10.6 Å². The Kier molecular flexibility index (Phi) is 7.06. The number of rotatable bonds is 5. The van der Waals surface area contributed by atoms with Gasteiger partial charge in [-0.3, -0.25) is 0 Å². The quantitative estimate of drug-likeness (QED) is 0.396. The first-order valence-corrected chi connectivity index (χ1v) is 8.58. The van der Waals surface area contributed by atoms with Crippen molar-refractivity contribution in [2.45, 2.75) is 45.3 Å². The molecule has 1 fully saturated rings. The van der Waals surface area contributed by atoms with Crippen LogP contribution in [-0.4, -0.2) is 26.8 Å². The molecular formula is C17H24ClIN6. The van der Waals surface area contributed by atoms with E-state index in [1.165, 1.54) is 12.8 Å². The van der Waals surface area contributed by atoms with E-state index in [0.717, 1.165) is 28.2 Å². The molecule has 1 unspecified atom stereocenters. The van der Waals surface area contributed by atoms with Crippen LogP contribution in [0.2, 0.25) is 5.02 Å². The largest absolute Gasteiger partial charge is 0.354 e. The lowest BCUT2D eigenvalue weighted by Gasteiger charge is -2.18. The van der Waals surface area contributed by atoms with Crippen molar-refractivity contribution in [3.63, 3.8) is 0 Å². The van der Waals surface area contributed by atoms with Crippen molar-refractivity contribution < 1.29 is 0 Å². The summed E-state index contributed by atoms with van der Waals surface area (Å²) in [6.45, 7) is 4.52. The number of aromatic nitrogens is 3. The number of nitrogens with zero attached hydrogens (tertiary/aromatic N) is 4. The number of benzene rings is 1. The van der Waals surface area contributed by atoms with Crippen LogP contribution in [-0.2, 0) is 13.6 Å². The molecule has 0 saturated heterocycles. The molecule has 1 heterocycles. The topological polar surface area (TPSA) is 67.1 Å². The predicted octanol–water partition coefficient (Wildman–Crippen LogP) is 3.35. The third-order valence-corrected chi connectivity index (χ3v) is 4.42. The van der Waals surface area contributed by atoms with E-state index >= 15 is 0 Å². The Labute approximate surface area is 170 Å². The van der Waals surface area contributed by atoms with Crippen LogP contribution in [0.4, 0.5) is 0 Å². The zero-order valence-electron chi connectivity index (χ0n) is 14.7. The molecule has 1 aromatic carbocycles. The minimum atomic E-state index is 0. The molecule has 2 aromatic rings. The highest BCUT2D eigenvalue weighted by molar-refractivity contribution is 14.0. The van der Waals surface area contributed by atoms with Crippen LogP contribution in [0.25, 0.3) is 0 Å². The maximum Gasteiger partial charge on any atom is 0.192 e. The number of hydrogen-bond donors (Lipinski definition) is 2. The average Bonchev–Trinajstić information content (AvgIpc) is 3.32. The standard InChI is InChI=1S/C17H23ClN6.HI/c1-11(13-5-4-6-14(18)9-13)20-17(21-15-7-8-15)19-10-16-23-22-12(2)24(16)3;/h4-6,9,11,15H,7-8,10H2,1-3H3,(H2,19,20,21);1H.